The molecular weight excluding hydrogens is 214 g/mol. The molecule has 1 saturated carbocycles. The molecule has 0 bridgehead atoms. The van der Waals surface area contributed by atoms with Gasteiger partial charge in [-0.15, -0.1) is 0 Å². The molecule has 3 unspecified atom stereocenters. The van der Waals surface area contributed by atoms with Crippen LogP contribution in [0, 0.1) is 5.41 Å². The highest BCUT2D eigenvalue weighted by molar-refractivity contribution is 5.83. The van der Waals surface area contributed by atoms with E-state index in [4.69, 9.17) is 5.73 Å². The molecule has 0 aromatic heterocycles. The lowest BCUT2D eigenvalue weighted by atomic mass is 9.84. The van der Waals surface area contributed by atoms with Crippen LogP contribution in [0.3, 0.4) is 0 Å². The molecule has 17 heavy (non-hydrogen) atoms. The second kappa shape index (κ2) is 4.94. The number of nitrogens with one attached hydrogen (secondary N) is 1. The molecule has 1 aliphatic heterocycles. The van der Waals surface area contributed by atoms with E-state index in [1.807, 2.05) is 6.92 Å². The van der Waals surface area contributed by atoms with E-state index in [2.05, 4.69) is 17.3 Å². The van der Waals surface area contributed by atoms with Crippen LogP contribution in [0.15, 0.2) is 0 Å². The van der Waals surface area contributed by atoms with Gasteiger partial charge in [0.1, 0.15) is 0 Å². The van der Waals surface area contributed by atoms with Crippen LogP contribution in [0.4, 0.5) is 0 Å². The van der Waals surface area contributed by atoms with Gasteiger partial charge in [0.25, 0.3) is 0 Å². The Balaban J connectivity index is 1.84. The van der Waals surface area contributed by atoms with E-state index >= 15 is 0 Å². The van der Waals surface area contributed by atoms with Crippen LogP contribution in [-0.4, -0.2) is 43.0 Å². The number of hydrogen-bond donors (Lipinski definition) is 2. The van der Waals surface area contributed by atoms with E-state index in [9.17, 15) is 4.79 Å². The number of nitrogens with two attached hydrogens (primary N) is 1. The van der Waals surface area contributed by atoms with Crippen molar-refractivity contribution in [1.29, 1.82) is 0 Å². The molecule has 4 nitrogen and oxygen atoms in total. The van der Waals surface area contributed by atoms with Crippen LogP contribution in [-0.2, 0) is 4.79 Å². The minimum Gasteiger partial charge on any atom is -0.354 e. The van der Waals surface area contributed by atoms with Crippen molar-refractivity contribution >= 4 is 5.91 Å². The summed E-state index contributed by atoms with van der Waals surface area (Å²) in [6.45, 7) is 3.94. The van der Waals surface area contributed by atoms with Gasteiger partial charge in [-0.3, -0.25) is 4.79 Å². The van der Waals surface area contributed by atoms with Gasteiger partial charge in [-0.2, -0.15) is 0 Å². The van der Waals surface area contributed by atoms with Gasteiger partial charge in [0.05, 0.1) is 5.41 Å². The normalized spacial score (nSPS) is 38.5. The molecule has 98 valence electrons. The first-order valence-electron chi connectivity index (χ1n) is 6.78. The minimum absolute atomic E-state index is 0.0313. The topological polar surface area (TPSA) is 58.4 Å². The zero-order valence-corrected chi connectivity index (χ0v) is 11.0. The van der Waals surface area contributed by atoms with Crippen molar-refractivity contribution in [3.8, 4) is 0 Å². The summed E-state index contributed by atoms with van der Waals surface area (Å²) in [6.07, 6.45) is 5.43. The SMILES string of the molecule is CN1CCCC1CNC(=O)C1(C)CCCC1N. The van der Waals surface area contributed by atoms with Gasteiger partial charge in [0.15, 0.2) is 0 Å². The smallest absolute Gasteiger partial charge is 0.227 e. The van der Waals surface area contributed by atoms with E-state index in [1.54, 1.807) is 0 Å². The second-order valence-electron chi connectivity index (χ2n) is 5.90. The van der Waals surface area contributed by atoms with E-state index in [0.717, 1.165) is 32.4 Å². The number of carbonyl (C=O) groups excluding carboxylic acids is 1. The van der Waals surface area contributed by atoms with Crippen LogP contribution in [0.2, 0.25) is 0 Å². The largest absolute Gasteiger partial charge is 0.354 e. The van der Waals surface area contributed by atoms with Crippen molar-refractivity contribution in [3.05, 3.63) is 0 Å². The Hall–Kier alpha value is -0.610. The fourth-order valence-corrected chi connectivity index (χ4v) is 3.12. The lowest BCUT2D eigenvalue weighted by Gasteiger charge is -2.29. The van der Waals surface area contributed by atoms with Crippen LogP contribution >= 0.6 is 0 Å². The second-order valence-corrected chi connectivity index (χ2v) is 5.90. The average molecular weight is 239 g/mol. The lowest BCUT2D eigenvalue weighted by molar-refractivity contribution is -0.130. The standard InChI is InChI=1S/C13H25N3O/c1-13(7-3-6-11(13)14)12(17)15-9-10-5-4-8-16(10)2/h10-11H,3-9,14H2,1-2H3,(H,15,17). The van der Waals surface area contributed by atoms with Gasteiger partial charge >= 0.3 is 0 Å². The number of nitrogens with zero attached hydrogens (tertiary/aromatic N) is 1. The fourth-order valence-electron chi connectivity index (χ4n) is 3.12. The fraction of sp³-hybridized carbons (Fsp3) is 0.923. The summed E-state index contributed by atoms with van der Waals surface area (Å²) < 4.78 is 0. The summed E-state index contributed by atoms with van der Waals surface area (Å²) >= 11 is 0. The van der Waals surface area contributed by atoms with Crippen molar-refractivity contribution in [2.75, 3.05) is 20.1 Å². The zero-order chi connectivity index (χ0) is 12.5. The summed E-state index contributed by atoms with van der Waals surface area (Å²) in [7, 11) is 2.13. The molecule has 0 aromatic carbocycles. The highest BCUT2D eigenvalue weighted by atomic mass is 16.2. The summed E-state index contributed by atoms with van der Waals surface area (Å²) in [6, 6.07) is 0.545. The van der Waals surface area contributed by atoms with Gasteiger partial charge in [-0.05, 0) is 46.2 Å². The lowest BCUT2D eigenvalue weighted by Crippen LogP contribution is -2.49. The van der Waals surface area contributed by atoms with Crippen molar-refractivity contribution < 1.29 is 4.79 Å². The van der Waals surface area contributed by atoms with Gasteiger partial charge in [0.2, 0.25) is 5.91 Å². The first-order valence-corrected chi connectivity index (χ1v) is 6.78. The van der Waals surface area contributed by atoms with Crippen LogP contribution in [0.5, 0.6) is 0 Å². The number of rotatable bonds is 3. The van der Waals surface area contributed by atoms with Gasteiger partial charge in [-0.1, -0.05) is 6.42 Å². The molecule has 0 aromatic rings. The first-order chi connectivity index (χ1) is 8.04. The highest BCUT2D eigenvalue weighted by Gasteiger charge is 2.43. The Morgan fingerprint density at radius 1 is 1.47 bits per heavy atom. The Bertz CT molecular complexity index is 294. The van der Waals surface area contributed by atoms with Crippen molar-refractivity contribution in [3.63, 3.8) is 0 Å². The van der Waals surface area contributed by atoms with Gasteiger partial charge < -0.3 is 16.0 Å². The molecule has 0 radical (unpaired) electrons. The molecule has 1 heterocycles. The number of likely N-dealkylation sites (tertiary alicyclic amines) is 1. The Morgan fingerprint density at radius 2 is 2.24 bits per heavy atom. The van der Waals surface area contributed by atoms with Crippen LogP contribution in [0.1, 0.15) is 39.0 Å². The monoisotopic (exact) mass is 239 g/mol. The Kier molecular flexibility index (Phi) is 3.73. The van der Waals surface area contributed by atoms with Crippen molar-refractivity contribution in [2.24, 2.45) is 11.1 Å². The van der Waals surface area contributed by atoms with Gasteiger partial charge in [-0.25, -0.2) is 0 Å². The molecular formula is C13H25N3O. The molecule has 1 amide bonds. The number of carbonyl (C=O) groups is 1. The predicted molar refractivity (Wildman–Crippen MR) is 68.6 cm³/mol. The average Bonchev–Trinajstić information content (AvgIpc) is 2.84. The minimum atomic E-state index is -0.336. The Morgan fingerprint density at radius 3 is 2.76 bits per heavy atom. The van der Waals surface area contributed by atoms with Crippen LogP contribution < -0.4 is 11.1 Å². The third kappa shape index (κ3) is 2.47. The summed E-state index contributed by atoms with van der Waals surface area (Å²) in [4.78, 5) is 14.6. The number of likely N-dealkylation sites (N-methyl/N-ethyl adjacent to an activating group) is 1. The quantitative estimate of drug-likeness (QED) is 0.763. The first kappa shape index (κ1) is 12.8. The van der Waals surface area contributed by atoms with Crippen molar-refractivity contribution in [2.45, 2.75) is 51.1 Å². The van der Waals surface area contributed by atoms with E-state index in [1.165, 1.54) is 12.8 Å². The van der Waals surface area contributed by atoms with Crippen molar-refractivity contribution in [1.82, 2.24) is 10.2 Å². The van der Waals surface area contributed by atoms with E-state index in [0.29, 0.717) is 6.04 Å². The molecule has 3 atom stereocenters. The summed E-state index contributed by atoms with van der Waals surface area (Å²) in [5, 5.41) is 3.11. The molecule has 4 heteroatoms. The highest BCUT2D eigenvalue weighted by Crippen LogP contribution is 2.36. The summed E-state index contributed by atoms with van der Waals surface area (Å²) in [5.74, 6) is 0.155. The van der Waals surface area contributed by atoms with E-state index < -0.39 is 0 Å². The maximum Gasteiger partial charge on any atom is 0.227 e. The van der Waals surface area contributed by atoms with E-state index in [-0.39, 0.29) is 17.4 Å². The molecule has 1 aliphatic carbocycles. The maximum absolute atomic E-state index is 12.2. The molecule has 2 fully saturated rings. The number of hydrogen-bond acceptors (Lipinski definition) is 3. The molecule has 3 N–H and O–H groups in total. The third-order valence-electron chi connectivity index (χ3n) is 4.72. The van der Waals surface area contributed by atoms with Crippen LogP contribution in [0.25, 0.3) is 0 Å². The number of amides is 1. The molecule has 2 aliphatic rings. The van der Waals surface area contributed by atoms with Gasteiger partial charge in [0, 0.05) is 18.6 Å². The predicted octanol–water partition coefficient (Wildman–Crippen LogP) is 0.714. The molecule has 0 spiro atoms. The zero-order valence-electron chi connectivity index (χ0n) is 11.0. The molecule has 1 saturated heterocycles. The Labute approximate surface area is 104 Å². The molecule has 2 rings (SSSR count). The third-order valence-corrected chi connectivity index (χ3v) is 4.72. The summed E-state index contributed by atoms with van der Waals surface area (Å²) in [5.41, 5.74) is 5.72. The maximum atomic E-state index is 12.2.